The van der Waals surface area contributed by atoms with Crippen molar-refractivity contribution in [2.75, 3.05) is 4.90 Å². The Labute approximate surface area is 164 Å². The van der Waals surface area contributed by atoms with E-state index < -0.39 is 0 Å². The molecular weight excluding hydrogens is 362 g/mol. The van der Waals surface area contributed by atoms with Gasteiger partial charge >= 0.3 is 0 Å². The Morgan fingerprint density at radius 1 is 0.815 bits per heavy atom. The zero-order valence-electron chi connectivity index (χ0n) is 15.8. The Kier molecular flexibility index (Phi) is 5.38. The van der Waals surface area contributed by atoms with Gasteiger partial charge in [0.1, 0.15) is 11.5 Å². The minimum atomic E-state index is -0.310. The number of carbonyl (C=O) groups is 2. The molecule has 0 aliphatic carbocycles. The molecule has 0 radical (unpaired) electrons. The van der Waals surface area contributed by atoms with Gasteiger partial charge in [0.2, 0.25) is 0 Å². The number of ether oxygens (including phenoxy) is 1. The zero-order valence-corrected chi connectivity index (χ0v) is 16.6. The average Bonchev–Trinajstić information content (AvgIpc) is 2.94. The Balaban J connectivity index is 2.12. The molecule has 5 heteroatoms. The van der Waals surface area contributed by atoms with E-state index in [1.165, 1.54) is 17.1 Å². The van der Waals surface area contributed by atoms with Crippen molar-refractivity contribution >= 4 is 29.1 Å². The molecule has 3 rings (SSSR count). The van der Waals surface area contributed by atoms with E-state index in [2.05, 4.69) is 0 Å². The number of nitrogens with zero attached hydrogens (tertiary/aromatic N) is 1. The van der Waals surface area contributed by atoms with E-state index in [9.17, 15) is 9.59 Å². The van der Waals surface area contributed by atoms with Gasteiger partial charge in [-0.05, 0) is 59.4 Å². The first kappa shape index (κ1) is 19.2. The number of benzene rings is 2. The highest BCUT2D eigenvalue weighted by Gasteiger charge is 2.31. The third-order valence-corrected chi connectivity index (χ3v) is 4.72. The van der Waals surface area contributed by atoms with E-state index in [4.69, 9.17) is 16.3 Å². The van der Waals surface area contributed by atoms with Gasteiger partial charge in [0.25, 0.3) is 11.8 Å². The topological polar surface area (TPSA) is 46.6 Å². The summed E-state index contributed by atoms with van der Waals surface area (Å²) in [7, 11) is 0. The maximum atomic E-state index is 12.3. The summed E-state index contributed by atoms with van der Waals surface area (Å²) in [5.74, 6) is 0.928. The van der Waals surface area contributed by atoms with Crippen LogP contribution in [-0.4, -0.2) is 11.8 Å². The molecule has 0 fully saturated rings. The minimum absolute atomic E-state index is 0.104. The molecule has 1 aliphatic rings. The number of amides is 2. The zero-order chi connectivity index (χ0) is 19.7. The van der Waals surface area contributed by atoms with Crippen LogP contribution in [0.1, 0.15) is 50.7 Å². The Morgan fingerprint density at radius 3 is 1.74 bits per heavy atom. The number of rotatable bonds is 5. The Hall–Kier alpha value is -2.59. The minimum Gasteiger partial charge on any atom is -0.457 e. The van der Waals surface area contributed by atoms with Crippen LogP contribution in [0.2, 0.25) is 5.02 Å². The van der Waals surface area contributed by atoms with E-state index in [-0.39, 0.29) is 23.7 Å². The van der Waals surface area contributed by atoms with Crippen LogP contribution in [0.15, 0.2) is 48.6 Å². The second-order valence-corrected chi connectivity index (χ2v) is 7.60. The van der Waals surface area contributed by atoms with Crippen molar-refractivity contribution in [2.24, 2.45) is 0 Å². The second kappa shape index (κ2) is 7.57. The van der Waals surface area contributed by atoms with Crippen molar-refractivity contribution in [2.45, 2.75) is 39.5 Å². The maximum absolute atomic E-state index is 12.3. The van der Waals surface area contributed by atoms with Gasteiger partial charge in [-0.15, -0.1) is 0 Å². The molecule has 0 spiro atoms. The fraction of sp³-hybridized carbons (Fsp3) is 0.273. The first-order chi connectivity index (χ1) is 12.8. The lowest BCUT2D eigenvalue weighted by molar-refractivity contribution is -0.120. The molecule has 0 unspecified atom stereocenters. The Bertz CT molecular complexity index is 867. The maximum Gasteiger partial charge on any atom is 0.258 e. The highest BCUT2D eigenvalue weighted by molar-refractivity contribution is 6.30. The van der Waals surface area contributed by atoms with Crippen LogP contribution in [0.4, 0.5) is 5.69 Å². The molecule has 0 saturated carbocycles. The van der Waals surface area contributed by atoms with Crippen molar-refractivity contribution in [1.82, 2.24) is 0 Å². The van der Waals surface area contributed by atoms with Gasteiger partial charge < -0.3 is 4.74 Å². The summed E-state index contributed by atoms with van der Waals surface area (Å²) in [5, 5.41) is 0.641. The number of hydrogen-bond acceptors (Lipinski definition) is 3. The monoisotopic (exact) mass is 383 g/mol. The van der Waals surface area contributed by atoms with Crippen molar-refractivity contribution < 1.29 is 14.3 Å². The predicted molar refractivity (Wildman–Crippen MR) is 108 cm³/mol. The smallest absolute Gasteiger partial charge is 0.258 e. The van der Waals surface area contributed by atoms with Crippen LogP contribution in [0.25, 0.3) is 0 Å². The summed E-state index contributed by atoms with van der Waals surface area (Å²) < 4.78 is 6.02. The van der Waals surface area contributed by atoms with Crippen LogP contribution in [0, 0.1) is 0 Å². The van der Waals surface area contributed by atoms with Gasteiger partial charge in [-0.3, -0.25) is 9.59 Å². The third-order valence-electron chi connectivity index (χ3n) is 4.47. The molecule has 27 heavy (non-hydrogen) atoms. The molecule has 140 valence electrons. The van der Waals surface area contributed by atoms with Crippen molar-refractivity contribution in [3.05, 3.63) is 64.7 Å². The normalized spacial score (nSPS) is 14.0. The van der Waals surface area contributed by atoms with Gasteiger partial charge in [0.15, 0.2) is 0 Å². The summed E-state index contributed by atoms with van der Waals surface area (Å²) >= 11 is 5.94. The van der Waals surface area contributed by atoms with Crippen molar-refractivity contribution in [3.8, 4) is 11.5 Å². The summed E-state index contributed by atoms with van der Waals surface area (Å²) in [6.45, 7) is 8.14. The summed E-state index contributed by atoms with van der Waals surface area (Å²) in [6, 6.07) is 10.9. The predicted octanol–water partition coefficient (Wildman–Crippen LogP) is 5.81. The van der Waals surface area contributed by atoms with Gasteiger partial charge in [0, 0.05) is 17.2 Å². The molecule has 2 amide bonds. The molecule has 0 saturated heterocycles. The number of hydrogen-bond donors (Lipinski definition) is 0. The SMILES string of the molecule is CC(C)c1cc(Oc2ccc(Cl)cc2)cc(C(C)C)c1N1C(=O)C=CC1=O. The molecule has 1 aliphatic heterocycles. The van der Waals surface area contributed by atoms with E-state index in [1.54, 1.807) is 24.3 Å². The highest BCUT2D eigenvalue weighted by Crippen LogP contribution is 2.41. The van der Waals surface area contributed by atoms with Crippen LogP contribution in [0.5, 0.6) is 11.5 Å². The van der Waals surface area contributed by atoms with Crippen molar-refractivity contribution in [1.29, 1.82) is 0 Å². The van der Waals surface area contributed by atoms with E-state index in [0.29, 0.717) is 22.2 Å². The van der Waals surface area contributed by atoms with E-state index in [0.717, 1.165) is 11.1 Å². The first-order valence-corrected chi connectivity index (χ1v) is 9.33. The molecule has 4 nitrogen and oxygen atoms in total. The number of carbonyl (C=O) groups excluding carboxylic acids is 2. The fourth-order valence-electron chi connectivity index (χ4n) is 3.11. The second-order valence-electron chi connectivity index (χ2n) is 7.16. The van der Waals surface area contributed by atoms with Gasteiger partial charge in [-0.25, -0.2) is 4.90 Å². The van der Waals surface area contributed by atoms with Crippen molar-refractivity contribution in [3.63, 3.8) is 0 Å². The average molecular weight is 384 g/mol. The van der Waals surface area contributed by atoms with Crippen LogP contribution >= 0.6 is 11.6 Å². The molecule has 0 atom stereocenters. The van der Waals surface area contributed by atoms with Gasteiger partial charge in [0.05, 0.1) is 5.69 Å². The Morgan fingerprint density at radius 2 is 1.30 bits per heavy atom. The first-order valence-electron chi connectivity index (χ1n) is 8.95. The molecule has 0 bridgehead atoms. The summed E-state index contributed by atoms with van der Waals surface area (Å²) in [6.07, 6.45) is 2.63. The number of halogens is 1. The lowest BCUT2D eigenvalue weighted by Gasteiger charge is -2.26. The van der Waals surface area contributed by atoms with E-state index in [1.807, 2.05) is 39.8 Å². The number of anilines is 1. The van der Waals surface area contributed by atoms with Gasteiger partial charge in [-0.1, -0.05) is 39.3 Å². The van der Waals surface area contributed by atoms with Gasteiger partial charge in [-0.2, -0.15) is 0 Å². The quantitative estimate of drug-likeness (QED) is 0.612. The largest absolute Gasteiger partial charge is 0.457 e. The molecule has 1 heterocycles. The lowest BCUT2D eigenvalue weighted by Crippen LogP contribution is -2.32. The van der Waals surface area contributed by atoms with Crippen LogP contribution in [0.3, 0.4) is 0 Å². The third kappa shape index (κ3) is 3.91. The van der Waals surface area contributed by atoms with E-state index >= 15 is 0 Å². The van der Waals surface area contributed by atoms with Crippen LogP contribution in [-0.2, 0) is 9.59 Å². The van der Waals surface area contributed by atoms with Crippen LogP contribution < -0.4 is 9.64 Å². The molecule has 0 N–H and O–H groups in total. The number of imide groups is 1. The standard InChI is InChI=1S/C22H22ClNO3/c1-13(2)18-11-17(27-16-7-5-15(23)6-8-16)12-19(14(3)4)22(18)24-20(25)9-10-21(24)26/h5-14H,1-4H3. The molecule has 2 aromatic rings. The lowest BCUT2D eigenvalue weighted by atomic mass is 9.91. The fourth-order valence-corrected chi connectivity index (χ4v) is 3.23. The molecular formula is C22H22ClNO3. The molecule has 0 aromatic heterocycles. The molecule has 2 aromatic carbocycles. The summed E-state index contributed by atoms with van der Waals surface area (Å²) in [4.78, 5) is 25.9. The highest BCUT2D eigenvalue weighted by atomic mass is 35.5. The summed E-state index contributed by atoms with van der Waals surface area (Å²) in [5.41, 5.74) is 2.47.